The summed E-state index contributed by atoms with van der Waals surface area (Å²) in [6, 6.07) is 1.94. The van der Waals surface area contributed by atoms with Gasteiger partial charge in [-0.25, -0.2) is 0 Å². The number of Topliss-reactive ketones (excluding diaryl/α,β-unsaturated/α-hetero) is 1. The van der Waals surface area contributed by atoms with Gasteiger partial charge in [0.25, 0.3) is 0 Å². The first-order chi connectivity index (χ1) is 9.10. The Morgan fingerprint density at radius 2 is 2.11 bits per heavy atom. The van der Waals surface area contributed by atoms with Crippen molar-refractivity contribution >= 4 is 49.0 Å². The van der Waals surface area contributed by atoms with Gasteiger partial charge in [0, 0.05) is 18.1 Å². The van der Waals surface area contributed by atoms with Crippen LogP contribution in [0.5, 0.6) is 0 Å². The third-order valence-electron chi connectivity index (χ3n) is 4.30. The number of carbonyl (C=O) groups is 1. The Morgan fingerprint density at radius 3 is 2.74 bits per heavy atom. The molecule has 1 atom stereocenters. The maximum Gasteiger partial charge on any atom is 0.168 e. The number of carbonyl (C=O) groups excluding carboxylic acids is 1. The van der Waals surface area contributed by atoms with Crippen molar-refractivity contribution in [2.24, 2.45) is 5.92 Å². The molecule has 0 bridgehead atoms. The zero-order valence-electron chi connectivity index (χ0n) is 10.6. The average molecular weight is 408 g/mol. The Morgan fingerprint density at radius 1 is 1.37 bits per heavy atom. The molecule has 5 heteroatoms. The van der Waals surface area contributed by atoms with E-state index in [2.05, 4.69) is 31.9 Å². The normalized spacial score (nSPS) is 25.9. The molecule has 1 saturated heterocycles. The third-order valence-corrected chi connectivity index (χ3v) is 6.64. The zero-order chi connectivity index (χ0) is 13.5. The lowest BCUT2D eigenvalue weighted by molar-refractivity contribution is -0.0866. The topological polar surface area (TPSA) is 26.3 Å². The van der Waals surface area contributed by atoms with Gasteiger partial charge in [-0.05, 0) is 63.6 Å². The summed E-state index contributed by atoms with van der Waals surface area (Å²) in [5.74, 6) is 0.410. The molecule has 2 heterocycles. The standard InChI is InChI=1S/C14H16Br2O2S/c15-11-7-10(13(16)19-11)12(17)9-3-6-18-14(8-9)4-1-2-5-14/h7,9H,1-6,8H2. The minimum atomic E-state index is 0.0122. The van der Waals surface area contributed by atoms with E-state index in [-0.39, 0.29) is 17.3 Å². The van der Waals surface area contributed by atoms with Crippen LogP contribution < -0.4 is 0 Å². The van der Waals surface area contributed by atoms with Crippen LogP contribution in [0.25, 0.3) is 0 Å². The smallest absolute Gasteiger partial charge is 0.168 e. The van der Waals surface area contributed by atoms with E-state index in [1.54, 1.807) is 11.3 Å². The first-order valence-corrected chi connectivity index (χ1v) is 9.13. The molecule has 2 fully saturated rings. The third kappa shape index (κ3) is 2.85. The van der Waals surface area contributed by atoms with Crippen molar-refractivity contribution in [1.29, 1.82) is 0 Å². The SMILES string of the molecule is O=C(c1cc(Br)sc1Br)C1CCOC2(CCCC2)C1. The van der Waals surface area contributed by atoms with Crippen LogP contribution in [0.2, 0.25) is 0 Å². The molecule has 0 radical (unpaired) electrons. The number of rotatable bonds is 2. The summed E-state index contributed by atoms with van der Waals surface area (Å²) in [7, 11) is 0. The molecule has 1 aromatic heterocycles. The molecule has 1 unspecified atom stereocenters. The van der Waals surface area contributed by atoms with Crippen molar-refractivity contribution < 1.29 is 9.53 Å². The van der Waals surface area contributed by atoms with Gasteiger partial charge in [0.1, 0.15) is 0 Å². The Labute approximate surface area is 134 Å². The molecular formula is C14H16Br2O2S. The highest BCUT2D eigenvalue weighted by Crippen LogP contribution is 2.44. The highest BCUT2D eigenvalue weighted by Gasteiger charge is 2.42. The maximum atomic E-state index is 12.7. The van der Waals surface area contributed by atoms with Crippen LogP contribution in [0, 0.1) is 5.92 Å². The van der Waals surface area contributed by atoms with E-state index in [1.165, 1.54) is 12.8 Å². The van der Waals surface area contributed by atoms with Crippen molar-refractivity contribution in [3.05, 3.63) is 19.2 Å². The molecule has 1 aliphatic carbocycles. The van der Waals surface area contributed by atoms with Crippen molar-refractivity contribution in [2.45, 2.75) is 44.1 Å². The summed E-state index contributed by atoms with van der Waals surface area (Å²) in [4.78, 5) is 12.7. The molecular weight excluding hydrogens is 392 g/mol. The highest BCUT2D eigenvalue weighted by atomic mass is 79.9. The van der Waals surface area contributed by atoms with Gasteiger partial charge in [-0.1, -0.05) is 12.8 Å². The van der Waals surface area contributed by atoms with Crippen LogP contribution in [0.4, 0.5) is 0 Å². The Kier molecular flexibility index (Phi) is 4.18. The number of halogens is 2. The molecule has 0 amide bonds. The quantitative estimate of drug-likeness (QED) is 0.630. The first-order valence-electron chi connectivity index (χ1n) is 6.73. The maximum absolute atomic E-state index is 12.7. The predicted octanol–water partition coefficient (Wildman–Crippen LogP) is 5.20. The summed E-state index contributed by atoms with van der Waals surface area (Å²) in [5, 5.41) is 0. The van der Waals surface area contributed by atoms with E-state index >= 15 is 0 Å². The second-order valence-electron chi connectivity index (χ2n) is 5.53. The summed E-state index contributed by atoms with van der Waals surface area (Å²) in [6.45, 7) is 0.735. The van der Waals surface area contributed by atoms with E-state index in [0.29, 0.717) is 0 Å². The Hall–Kier alpha value is 0.290. The van der Waals surface area contributed by atoms with Gasteiger partial charge in [0.2, 0.25) is 0 Å². The number of hydrogen-bond acceptors (Lipinski definition) is 3. The molecule has 1 aromatic rings. The lowest BCUT2D eigenvalue weighted by Gasteiger charge is -2.37. The van der Waals surface area contributed by atoms with Crippen molar-refractivity contribution in [3.8, 4) is 0 Å². The van der Waals surface area contributed by atoms with Gasteiger partial charge < -0.3 is 4.74 Å². The van der Waals surface area contributed by atoms with E-state index < -0.39 is 0 Å². The van der Waals surface area contributed by atoms with Crippen molar-refractivity contribution in [1.82, 2.24) is 0 Å². The summed E-state index contributed by atoms with van der Waals surface area (Å²) < 4.78 is 7.95. The largest absolute Gasteiger partial charge is 0.375 e. The van der Waals surface area contributed by atoms with Gasteiger partial charge in [-0.3, -0.25) is 4.79 Å². The van der Waals surface area contributed by atoms with E-state index in [4.69, 9.17) is 4.74 Å². The second kappa shape index (κ2) is 5.58. The minimum absolute atomic E-state index is 0.0122. The molecule has 0 N–H and O–H groups in total. The van der Waals surface area contributed by atoms with Gasteiger partial charge in [-0.2, -0.15) is 0 Å². The summed E-state index contributed by atoms with van der Waals surface area (Å²) in [5.41, 5.74) is 0.843. The molecule has 3 rings (SSSR count). The fourth-order valence-corrected chi connectivity index (χ4v) is 6.16. The Bertz CT molecular complexity index is 492. The number of hydrogen-bond donors (Lipinski definition) is 0. The fourth-order valence-electron chi connectivity index (χ4n) is 3.35. The average Bonchev–Trinajstić information content (AvgIpc) is 2.96. The van der Waals surface area contributed by atoms with Crippen LogP contribution in [0.15, 0.2) is 13.6 Å². The van der Waals surface area contributed by atoms with Crippen molar-refractivity contribution in [3.63, 3.8) is 0 Å². The molecule has 2 aliphatic rings. The predicted molar refractivity (Wildman–Crippen MR) is 83.9 cm³/mol. The van der Waals surface area contributed by atoms with Crippen LogP contribution in [-0.4, -0.2) is 18.0 Å². The Balaban J connectivity index is 1.78. The van der Waals surface area contributed by atoms with Crippen molar-refractivity contribution in [2.75, 3.05) is 6.61 Å². The molecule has 2 nitrogen and oxygen atoms in total. The number of ketones is 1. The molecule has 1 saturated carbocycles. The minimum Gasteiger partial charge on any atom is -0.375 e. The molecule has 19 heavy (non-hydrogen) atoms. The molecule has 104 valence electrons. The monoisotopic (exact) mass is 406 g/mol. The lowest BCUT2D eigenvalue weighted by atomic mass is 9.81. The second-order valence-corrected chi connectivity index (χ2v) is 9.28. The number of ether oxygens (including phenoxy) is 1. The zero-order valence-corrected chi connectivity index (χ0v) is 14.6. The van der Waals surface area contributed by atoms with E-state index in [1.807, 2.05) is 6.07 Å². The summed E-state index contributed by atoms with van der Waals surface area (Å²) in [6.07, 6.45) is 6.52. The van der Waals surface area contributed by atoms with Gasteiger partial charge in [-0.15, -0.1) is 11.3 Å². The first kappa shape index (κ1) is 14.2. The van der Waals surface area contributed by atoms with Crippen LogP contribution in [0.1, 0.15) is 48.9 Å². The van der Waals surface area contributed by atoms with Gasteiger partial charge in [0.05, 0.1) is 13.2 Å². The highest BCUT2D eigenvalue weighted by molar-refractivity contribution is 9.12. The van der Waals surface area contributed by atoms with Gasteiger partial charge in [0.15, 0.2) is 5.78 Å². The number of thiophene rings is 1. The lowest BCUT2D eigenvalue weighted by Crippen LogP contribution is -2.39. The molecule has 1 spiro atoms. The van der Waals surface area contributed by atoms with E-state index in [9.17, 15) is 4.79 Å². The molecule has 0 aromatic carbocycles. The fraction of sp³-hybridized carbons (Fsp3) is 0.643. The molecule has 1 aliphatic heterocycles. The van der Waals surface area contributed by atoms with Crippen LogP contribution >= 0.6 is 43.2 Å². The van der Waals surface area contributed by atoms with E-state index in [0.717, 1.165) is 45.4 Å². The van der Waals surface area contributed by atoms with Crippen LogP contribution in [-0.2, 0) is 4.74 Å². The van der Waals surface area contributed by atoms with Crippen LogP contribution in [0.3, 0.4) is 0 Å². The van der Waals surface area contributed by atoms with Gasteiger partial charge >= 0.3 is 0 Å². The summed E-state index contributed by atoms with van der Waals surface area (Å²) >= 11 is 8.51.